The van der Waals surface area contributed by atoms with Gasteiger partial charge in [-0.15, -0.1) is 0 Å². The summed E-state index contributed by atoms with van der Waals surface area (Å²) in [5.74, 6) is -2.47. The lowest BCUT2D eigenvalue weighted by molar-refractivity contribution is -0.0121. The van der Waals surface area contributed by atoms with Gasteiger partial charge in [-0.25, -0.2) is 8.78 Å². The third-order valence-corrected chi connectivity index (χ3v) is 4.88. The van der Waals surface area contributed by atoms with Crippen molar-refractivity contribution in [1.82, 2.24) is 0 Å². The van der Waals surface area contributed by atoms with Crippen LogP contribution in [0.25, 0.3) is 0 Å². The van der Waals surface area contributed by atoms with E-state index in [4.69, 9.17) is 5.73 Å². The summed E-state index contributed by atoms with van der Waals surface area (Å²) in [7, 11) is 0. The molecule has 1 rings (SSSR count). The predicted molar refractivity (Wildman–Crippen MR) is 53.2 cm³/mol. The van der Waals surface area contributed by atoms with Crippen LogP contribution < -0.4 is 5.73 Å². The lowest BCUT2D eigenvalue weighted by Gasteiger charge is -2.36. The largest absolute Gasteiger partial charge is 0.322 e. The van der Waals surface area contributed by atoms with E-state index >= 15 is 0 Å². The van der Waals surface area contributed by atoms with E-state index in [0.29, 0.717) is 6.42 Å². The fourth-order valence-corrected chi connectivity index (χ4v) is 3.35. The highest BCUT2D eigenvalue weighted by atomic mass is 32.2. The van der Waals surface area contributed by atoms with Crippen LogP contribution in [0.2, 0.25) is 0 Å². The molecule has 0 aliphatic heterocycles. The van der Waals surface area contributed by atoms with Gasteiger partial charge in [-0.3, -0.25) is 0 Å². The molecule has 0 bridgehead atoms. The quantitative estimate of drug-likeness (QED) is 0.756. The minimum absolute atomic E-state index is 0.0623. The van der Waals surface area contributed by atoms with Crippen molar-refractivity contribution in [2.75, 3.05) is 6.26 Å². The first-order chi connectivity index (χ1) is 5.87. The van der Waals surface area contributed by atoms with Gasteiger partial charge in [0.05, 0.1) is 6.04 Å². The van der Waals surface area contributed by atoms with Crippen molar-refractivity contribution in [3.05, 3.63) is 0 Å². The Kier molecular flexibility index (Phi) is 2.93. The number of hydrogen-bond donors (Lipinski definition) is 1. The van der Waals surface area contributed by atoms with Crippen LogP contribution in [0.1, 0.15) is 26.7 Å². The van der Waals surface area contributed by atoms with Gasteiger partial charge in [-0.2, -0.15) is 11.8 Å². The molecule has 0 heterocycles. The minimum Gasteiger partial charge on any atom is -0.322 e. The summed E-state index contributed by atoms with van der Waals surface area (Å²) in [4.78, 5) is 0. The Morgan fingerprint density at radius 3 is 2.08 bits per heavy atom. The van der Waals surface area contributed by atoms with E-state index in [1.54, 1.807) is 0 Å². The van der Waals surface area contributed by atoms with Gasteiger partial charge in [0, 0.05) is 11.2 Å². The van der Waals surface area contributed by atoms with E-state index in [-0.39, 0.29) is 12.3 Å². The average Bonchev–Trinajstić information content (AvgIpc) is 2.26. The molecule has 1 aliphatic rings. The van der Waals surface area contributed by atoms with Gasteiger partial charge in [-0.05, 0) is 18.6 Å². The molecule has 0 radical (unpaired) electrons. The molecule has 1 nitrogen and oxygen atoms in total. The summed E-state index contributed by atoms with van der Waals surface area (Å²) in [6.07, 6.45) is 2.34. The Balaban J connectivity index is 2.92. The molecule has 1 saturated carbocycles. The second-order valence-corrected chi connectivity index (χ2v) is 5.22. The van der Waals surface area contributed by atoms with Crippen molar-refractivity contribution in [1.29, 1.82) is 0 Å². The van der Waals surface area contributed by atoms with Crippen LogP contribution in [-0.4, -0.2) is 23.0 Å². The lowest BCUT2D eigenvalue weighted by atomic mass is 9.89. The van der Waals surface area contributed by atoms with Crippen LogP contribution in [0, 0.1) is 5.92 Å². The van der Waals surface area contributed by atoms with Gasteiger partial charge in [0.15, 0.2) is 0 Å². The molecule has 78 valence electrons. The molecule has 0 aromatic heterocycles. The Hall–Kier alpha value is 0.170. The molecule has 0 aromatic rings. The molecule has 0 aromatic carbocycles. The fourth-order valence-electron chi connectivity index (χ4n) is 2.14. The molecule has 13 heavy (non-hydrogen) atoms. The van der Waals surface area contributed by atoms with Crippen LogP contribution in [0.15, 0.2) is 0 Å². The van der Waals surface area contributed by atoms with Crippen molar-refractivity contribution in [2.24, 2.45) is 11.7 Å². The molecule has 0 spiro atoms. The van der Waals surface area contributed by atoms with Gasteiger partial charge in [0.1, 0.15) is 0 Å². The minimum atomic E-state index is -2.67. The predicted octanol–water partition coefficient (Wildman–Crippen LogP) is 2.50. The first-order valence-corrected chi connectivity index (χ1v) is 5.78. The van der Waals surface area contributed by atoms with Gasteiger partial charge in [0.25, 0.3) is 5.92 Å². The molecular weight excluding hydrogens is 192 g/mol. The second kappa shape index (κ2) is 3.39. The van der Waals surface area contributed by atoms with Crippen LogP contribution in [0.3, 0.4) is 0 Å². The van der Waals surface area contributed by atoms with Crippen LogP contribution >= 0.6 is 11.8 Å². The van der Waals surface area contributed by atoms with E-state index in [2.05, 4.69) is 0 Å². The standard InChI is InChI=1S/C9H17F2NS/c1-6(2)8(13-3)4-5-9(10,11)7(8)12/h6-7H,4-5,12H2,1-3H3/t7-,8?/m0/s1. The second-order valence-electron chi connectivity index (χ2n) is 4.05. The number of nitrogens with two attached hydrogens (primary N) is 1. The number of alkyl halides is 2. The average molecular weight is 209 g/mol. The third kappa shape index (κ3) is 1.59. The SMILES string of the molecule is CSC1(C(C)C)CCC(F)(F)[C@H]1N. The van der Waals surface area contributed by atoms with Crippen LogP contribution in [0.4, 0.5) is 8.78 Å². The molecule has 2 N–H and O–H groups in total. The van der Waals surface area contributed by atoms with Crippen molar-refractivity contribution in [3.63, 3.8) is 0 Å². The molecule has 1 aliphatic carbocycles. The van der Waals surface area contributed by atoms with E-state index in [1.165, 1.54) is 11.8 Å². The fraction of sp³-hybridized carbons (Fsp3) is 1.00. The Morgan fingerprint density at radius 2 is 1.92 bits per heavy atom. The topological polar surface area (TPSA) is 26.0 Å². The molecule has 0 saturated heterocycles. The molecule has 1 fully saturated rings. The van der Waals surface area contributed by atoms with Crippen molar-refractivity contribution in [2.45, 2.75) is 43.4 Å². The number of thioether (sulfide) groups is 1. The van der Waals surface area contributed by atoms with Crippen LogP contribution in [-0.2, 0) is 0 Å². The Morgan fingerprint density at radius 1 is 1.38 bits per heavy atom. The zero-order chi connectivity index (χ0) is 10.3. The van der Waals surface area contributed by atoms with Gasteiger partial charge >= 0.3 is 0 Å². The maximum atomic E-state index is 13.2. The first-order valence-electron chi connectivity index (χ1n) is 4.55. The number of rotatable bonds is 2. The van der Waals surface area contributed by atoms with Crippen LogP contribution in [0.5, 0.6) is 0 Å². The Bertz CT molecular complexity index is 196. The summed E-state index contributed by atoms with van der Waals surface area (Å²) in [5, 5.41) is 0. The maximum Gasteiger partial charge on any atom is 0.264 e. The molecule has 1 unspecified atom stereocenters. The summed E-state index contributed by atoms with van der Waals surface area (Å²) in [6, 6.07) is -0.991. The summed E-state index contributed by atoms with van der Waals surface area (Å²) < 4.78 is 26.1. The van der Waals surface area contributed by atoms with Gasteiger partial charge < -0.3 is 5.73 Å². The first kappa shape index (κ1) is 11.2. The zero-order valence-electron chi connectivity index (χ0n) is 8.31. The van der Waals surface area contributed by atoms with E-state index in [9.17, 15) is 8.78 Å². The summed E-state index contributed by atoms with van der Waals surface area (Å²) in [5.41, 5.74) is 5.63. The normalized spacial score (nSPS) is 38.5. The number of halogens is 2. The Labute approximate surface area is 82.4 Å². The van der Waals surface area contributed by atoms with E-state index in [1.807, 2.05) is 20.1 Å². The molecule has 4 heteroatoms. The lowest BCUT2D eigenvalue weighted by Crippen LogP contribution is -2.52. The van der Waals surface area contributed by atoms with Gasteiger partial charge in [0.2, 0.25) is 0 Å². The third-order valence-electron chi connectivity index (χ3n) is 3.19. The monoisotopic (exact) mass is 209 g/mol. The number of hydrogen-bond acceptors (Lipinski definition) is 2. The van der Waals surface area contributed by atoms with E-state index in [0.717, 1.165) is 0 Å². The molecular formula is C9H17F2NS. The molecule has 2 atom stereocenters. The zero-order valence-corrected chi connectivity index (χ0v) is 9.13. The van der Waals surface area contributed by atoms with Gasteiger partial charge in [-0.1, -0.05) is 13.8 Å². The highest BCUT2D eigenvalue weighted by molar-refractivity contribution is 8.00. The highest BCUT2D eigenvalue weighted by Gasteiger charge is 2.57. The van der Waals surface area contributed by atoms with Crippen molar-refractivity contribution < 1.29 is 8.78 Å². The smallest absolute Gasteiger partial charge is 0.264 e. The summed E-state index contributed by atoms with van der Waals surface area (Å²) >= 11 is 1.49. The van der Waals surface area contributed by atoms with Crippen molar-refractivity contribution >= 4 is 11.8 Å². The molecule has 0 amide bonds. The maximum absolute atomic E-state index is 13.2. The summed E-state index contributed by atoms with van der Waals surface area (Å²) in [6.45, 7) is 3.94. The van der Waals surface area contributed by atoms with Crippen molar-refractivity contribution in [3.8, 4) is 0 Å². The highest BCUT2D eigenvalue weighted by Crippen LogP contribution is 2.51. The van der Waals surface area contributed by atoms with E-state index < -0.39 is 16.7 Å².